The zero-order chi connectivity index (χ0) is 17.6. The van der Waals surface area contributed by atoms with E-state index in [0.717, 1.165) is 0 Å². The Morgan fingerprint density at radius 3 is 2.48 bits per heavy atom. The fraction of sp³-hybridized carbons (Fsp3) is 0.308. The number of halogens is 3. The first-order chi connectivity index (χ1) is 10.6. The number of alkyl halides is 3. The Kier molecular flexibility index (Phi) is 5.94. The largest absolute Gasteiger partial charge is 0.507 e. The second-order valence-electron chi connectivity index (χ2n) is 4.44. The second kappa shape index (κ2) is 7.47. The van der Waals surface area contributed by atoms with Gasteiger partial charge in [-0.05, 0) is 24.6 Å². The first-order valence-corrected chi connectivity index (χ1v) is 6.19. The molecular formula is C13H13F3N2O5. The van der Waals surface area contributed by atoms with Crippen molar-refractivity contribution in [2.45, 2.75) is 13.1 Å². The maximum atomic E-state index is 11.8. The lowest BCUT2D eigenvalue weighted by molar-refractivity contribution is -0.125. The molecule has 0 aliphatic heterocycles. The first kappa shape index (κ1) is 18.3. The van der Waals surface area contributed by atoms with Gasteiger partial charge in [0.2, 0.25) is 0 Å². The standard InChI is InChI=1S/C13H13F3N2O5/c1-7-2-3-8(9(19)4-7)11(21)23-5-10(20)18-12(22)17-6-13(14,15)16/h2-4,19H,5-6H2,1H3,(H2,17,18,20,22). The van der Waals surface area contributed by atoms with Crippen LogP contribution < -0.4 is 10.6 Å². The maximum Gasteiger partial charge on any atom is 0.405 e. The molecule has 10 heteroatoms. The van der Waals surface area contributed by atoms with Crippen LogP contribution in [-0.4, -0.2) is 42.3 Å². The van der Waals surface area contributed by atoms with Crippen molar-refractivity contribution in [3.63, 3.8) is 0 Å². The summed E-state index contributed by atoms with van der Waals surface area (Å²) in [6.07, 6.45) is -4.62. The predicted molar refractivity (Wildman–Crippen MR) is 70.7 cm³/mol. The third-order valence-corrected chi connectivity index (χ3v) is 2.41. The van der Waals surface area contributed by atoms with Gasteiger partial charge in [-0.2, -0.15) is 13.2 Å². The van der Waals surface area contributed by atoms with Crippen LogP contribution in [0.2, 0.25) is 0 Å². The number of aryl methyl sites for hydroxylation is 1. The topological polar surface area (TPSA) is 105 Å². The van der Waals surface area contributed by atoms with Crippen molar-refractivity contribution in [1.29, 1.82) is 0 Å². The number of urea groups is 1. The number of ether oxygens (including phenoxy) is 1. The van der Waals surface area contributed by atoms with Gasteiger partial charge in [0.05, 0.1) is 0 Å². The van der Waals surface area contributed by atoms with E-state index in [-0.39, 0.29) is 11.3 Å². The van der Waals surface area contributed by atoms with Gasteiger partial charge in [0, 0.05) is 0 Å². The van der Waals surface area contributed by atoms with Gasteiger partial charge in [-0.25, -0.2) is 9.59 Å². The van der Waals surface area contributed by atoms with E-state index in [9.17, 15) is 32.7 Å². The Balaban J connectivity index is 2.43. The first-order valence-electron chi connectivity index (χ1n) is 6.19. The quantitative estimate of drug-likeness (QED) is 0.719. The van der Waals surface area contributed by atoms with E-state index >= 15 is 0 Å². The van der Waals surface area contributed by atoms with Crippen molar-refractivity contribution < 1.29 is 37.4 Å². The molecule has 0 spiro atoms. The Labute approximate surface area is 128 Å². The summed E-state index contributed by atoms with van der Waals surface area (Å²) in [5, 5.41) is 12.5. The number of aromatic hydroxyl groups is 1. The SMILES string of the molecule is Cc1ccc(C(=O)OCC(=O)NC(=O)NCC(F)(F)F)c(O)c1. The molecule has 0 radical (unpaired) electrons. The minimum atomic E-state index is -4.62. The highest BCUT2D eigenvalue weighted by molar-refractivity contribution is 5.97. The van der Waals surface area contributed by atoms with Crippen LogP contribution >= 0.6 is 0 Å². The van der Waals surface area contributed by atoms with Crippen LogP contribution in [0.5, 0.6) is 5.75 Å². The zero-order valence-corrected chi connectivity index (χ0v) is 11.9. The van der Waals surface area contributed by atoms with Crippen LogP contribution in [0.3, 0.4) is 0 Å². The van der Waals surface area contributed by atoms with E-state index in [1.807, 2.05) is 0 Å². The fourth-order valence-corrected chi connectivity index (χ4v) is 1.41. The monoisotopic (exact) mass is 334 g/mol. The fourth-order valence-electron chi connectivity index (χ4n) is 1.41. The lowest BCUT2D eigenvalue weighted by Crippen LogP contribution is -2.44. The molecule has 0 aromatic heterocycles. The molecule has 0 bridgehead atoms. The predicted octanol–water partition coefficient (Wildman–Crippen LogP) is 1.25. The van der Waals surface area contributed by atoms with Crippen LogP contribution in [0.4, 0.5) is 18.0 Å². The summed E-state index contributed by atoms with van der Waals surface area (Å²) >= 11 is 0. The smallest absolute Gasteiger partial charge is 0.405 e. The number of rotatable bonds is 4. The molecule has 0 atom stereocenters. The van der Waals surface area contributed by atoms with E-state index in [0.29, 0.717) is 5.56 Å². The summed E-state index contributed by atoms with van der Waals surface area (Å²) in [5.74, 6) is -2.49. The van der Waals surface area contributed by atoms with Crippen molar-refractivity contribution in [1.82, 2.24) is 10.6 Å². The van der Waals surface area contributed by atoms with Crippen molar-refractivity contribution >= 4 is 17.9 Å². The number of imide groups is 1. The van der Waals surface area contributed by atoms with Crippen LogP contribution in [0.25, 0.3) is 0 Å². The lowest BCUT2D eigenvalue weighted by atomic mass is 10.1. The molecule has 1 aromatic rings. The molecule has 1 rings (SSSR count). The zero-order valence-electron chi connectivity index (χ0n) is 11.9. The van der Waals surface area contributed by atoms with Gasteiger partial charge in [0.15, 0.2) is 6.61 Å². The van der Waals surface area contributed by atoms with Gasteiger partial charge >= 0.3 is 18.2 Å². The molecule has 1 aromatic carbocycles. The molecule has 0 heterocycles. The van der Waals surface area contributed by atoms with E-state index in [4.69, 9.17) is 0 Å². The van der Waals surface area contributed by atoms with Crippen LogP contribution in [0.15, 0.2) is 18.2 Å². The minimum Gasteiger partial charge on any atom is -0.507 e. The highest BCUT2D eigenvalue weighted by atomic mass is 19.4. The molecule has 0 aliphatic rings. The van der Waals surface area contributed by atoms with Crippen molar-refractivity contribution in [2.75, 3.05) is 13.2 Å². The molecule has 0 unspecified atom stereocenters. The average molecular weight is 334 g/mol. The normalized spacial score (nSPS) is 10.8. The van der Waals surface area contributed by atoms with Crippen molar-refractivity contribution in [2.24, 2.45) is 0 Å². The minimum absolute atomic E-state index is 0.190. The van der Waals surface area contributed by atoms with E-state index in [1.165, 1.54) is 23.5 Å². The number of benzene rings is 1. The molecule has 0 aliphatic carbocycles. The van der Waals surface area contributed by atoms with Gasteiger partial charge in [-0.1, -0.05) is 6.07 Å². The number of carbonyl (C=O) groups is 3. The highest BCUT2D eigenvalue weighted by Crippen LogP contribution is 2.19. The summed E-state index contributed by atoms with van der Waals surface area (Å²) in [4.78, 5) is 33.9. The summed E-state index contributed by atoms with van der Waals surface area (Å²) in [6.45, 7) is -0.823. The summed E-state index contributed by atoms with van der Waals surface area (Å²) in [7, 11) is 0. The molecule has 0 saturated heterocycles. The van der Waals surface area contributed by atoms with Crippen molar-refractivity contribution in [3.8, 4) is 5.75 Å². The third kappa shape index (κ3) is 6.68. The Hall–Kier alpha value is -2.78. The molecule has 126 valence electrons. The Morgan fingerprint density at radius 1 is 1.26 bits per heavy atom. The Morgan fingerprint density at radius 2 is 1.91 bits per heavy atom. The third-order valence-electron chi connectivity index (χ3n) is 2.41. The molecule has 0 saturated carbocycles. The van der Waals surface area contributed by atoms with E-state index in [1.54, 1.807) is 12.2 Å². The van der Waals surface area contributed by atoms with Gasteiger partial charge in [-0.3, -0.25) is 10.1 Å². The molecule has 3 amide bonds. The molecular weight excluding hydrogens is 321 g/mol. The van der Waals surface area contributed by atoms with Gasteiger partial charge in [0.25, 0.3) is 5.91 Å². The van der Waals surface area contributed by atoms with E-state index in [2.05, 4.69) is 4.74 Å². The maximum absolute atomic E-state index is 11.8. The number of nitrogens with one attached hydrogen (secondary N) is 2. The van der Waals surface area contributed by atoms with Crippen molar-refractivity contribution in [3.05, 3.63) is 29.3 Å². The summed E-state index contributed by atoms with van der Waals surface area (Å²) < 4.78 is 40.1. The summed E-state index contributed by atoms with van der Waals surface area (Å²) in [6, 6.07) is 2.74. The van der Waals surface area contributed by atoms with Crippen LogP contribution in [-0.2, 0) is 9.53 Å². The number of hydrogen-bond donors (Lipinski definition) is 3. The molecule has 23 heavy (non-hydrogen) atoms. The van der Waals surface area contributed by atoms with Gasteiger partial charge < -0.3 is 15.2 Å². The number of phenolic OH excluding ortho intramolecular Hbond substituents is 1. The molecule has 7 nitrogen and oxygen atoms in total. The highest BCUT2D eigenvalue weighted by Gasteiger charge is 2.28. The van der Waals surface area contributed by atoms with Gasteiger partial charge in [0.1, 0.15) is 17.9 Å². The van der Waals surface area contributed by atoms with Crippen LogP contribution in [0.1, 0.15) is 15.9 Å². The molecule has 3 N–H and O–H groups in total. The number of carbonyl (C=O) groups excluding carboxylic acids is 3. The number of esters is 1. The van der Waals surface area contributed by atoms with Gasteiger partial charge in [-0.15, -0.1) is 0 Å². The van der Waals surface area contributed by atoms with E-state index < -0.39 is 37.2 Å². The number of hydrogen-bond acceptors (Lipinski definition) is 5. The molecule has 0 fully saturated rings. The Bertz CT molecular complexity index is 616. The van der Waals surface area contributed by atoms with Crippen LogP contribution in [0, 0.1) is 6.92 Å². The second-order valence-corrected chi connectivity index (χ2v) is 4.44. The number of phenols is 1. The lowest BCUT2D eigenvalue weighted by Gasteiger charge is -2.09. The summed E-state index contributed by atoms with van der Waals surface area (Å²) in [5.41, 5.74) is 0.503. The number of amides is 3. The average Bonchev–Trinajstić information content (AvgIpc) is 2.42.